The molecule has 0 aromatic heterocycles. The van der Waals surface area contributed by atoms with E-state index >= 15 is 0 Å². The van der Waals surface area contributed by atoms with Gasteiger partial charge in [-0.1, -0.05) is 6.92 Å². The van der Waals surface area contributed by atoms with Gasteiger partial charge < -0.3 is 14.9 Å². The summed E-state index contributed by atoms with van der Waals surface area (Å²) in [7, 11) is 0. The minimum absolute atomic E-state index is 0.123. The lowest BCUT2D eigenvalue weighted by molar-refractivity contribution is 0.174. The molecule has 0 amide bonds. The molecule has 2 N–H and O–H groups in total. The van der Waals surface area contributed by atoms with Crippen LogP contribution >= 0.6 is 0 Å². The predicted molar refractivity (Wildman–Crippen MR) is 49.9 cm³/mol. The number of phenolic OH excluding ortho intramolecular Hbond substituents is 1. The molecule has 13 heavy (non-hydrogen) atoms. The topological polar surface area (TPSA) is 49.7 Å². The number of hydrogen-bond donors (Lipinski definition) is 2. The maximum atomic E-state index is 8.98. The second-order valence-electron chi connectivity index (χ2n) is 3.09. The van der Waals surface area contributed by atoms with Crippen molar-refractivity contribution in [2.75, 3.05) is 13.2 Å². The van der Waals surface area contributed by atoms with E-state index in [-0.39, 0.29) is 18.3 Å². The maximum Gasteiger partial charge on any atom is 0.119 e. The molecule has 0 saturated carbocycles. The normalized spacial score (nSPS) is 12.5. The Morgan fingerprint density at radius 1 is 1.31 bits per heavy atom. The van der Waals surface area contributed by atoms with Crippen molar-refractivity contribution in [3.8, 4) is 11.5 Å². The number of benzene rings is 1. The fourth-order valence-corrected chi connectivity index (χ4v) is 0.834. The number of aliphatic hydroxyl groups is 1. The van der Waals surface area contributed by atoms with Crippen LogP contribution in [-0.2, 0) is 0 Å². The molecule has 0 aliphatic heterocycles. The lowest BCUT2D eigenvalue weighted by Gasteiger charge is -2.09. The summed E-state index contributed by atoms with van der Waals surface area (Å²) in [4.78, 5) is 0. The van der Waals surface area contributed by atoms with Gasteiger partial charge in [-0.15, -0.1) is 0 Å². The van der Waals surface area contributed by atoms with Gasteiger partial charge in [-0.2, -0.15) is 0 Å². The van der Waals surface area contributed by atoms with Gasteiger partial charge in [0, 0.05) is 12.5 Å². The van der Waals surface area contributed by atoms with Crippen molar-refractivity contribution in [3.63, 3.8) is 0 Å². The Labute approximate surface area is 77.6 Å². The smallest absolute Gasteiger partial charge is 0.119 e. The Hall–Kier alpha value is -1.22. The quantitative estimate of drug-likeness (QED) is 0.740. The van der Waals surface area contributed by atoms with Crippen molar-refractivity contribution in [1.29, 1.82) is 0 Å². The minimum Gasteiger partial charge on any atom is -0.508 e. The highest BCUT2D eigenvalue weighted by atomic mass is 16.5. The van der Waals surface area contributed by atoms with E-state index < -0.39 is 0 Å². The standard InChI is InChI=1S/C10H14O3/c1-8(6-11)7-13-10-4-2-9(12)3-5-10/h2-5,8,11-12H,6-7H2,1H3. The molecule has 1 rings (SSSR count). The Morgan fingerprint density at radius 3 is 2.46 bits per heavy atom. The molecule has 72 valence electrons. The van der Waals surface area contributed by atoms with Crippen molar-refractivity contribution in [2.24, 2.45) is 5.92 Å². The summed E-state index contributed by atoms with van der Waals surface area (Å²) in [5.41, 5.74) is 0. The number of rotatable bonds is 4. The van der Waals surface area contributed by atoms with Crippen LogP contribution in [0.3, 0.4) is 0 Å². The third-order valence-electron chi connectivity index (χ3n) is 1.68. The molecular formula is C10H14O3. The third-order valence-corrected chi connectivity index (χ3v) is 1.68. The van der Waals surface area contributed by atoms with Crippen molar-refractivity contribution >= 4 is 0 Å². The number of aromatic hydroxyl groups is 1. The number of aliphatic hydroxyl groups excluding tert-OH is 1. The lowest BCUT2D eigenvalue weighted by Crippen LogP contribution is -2.11. The van der Waals surface area contributed by atoms with Crippen LogP contribution in [0.15, 0.2) is 24.3 Å². The largest absolute Gasteiger partial charge is 0.508 e. The van der Waals surface area contributed by atoms with Crippen molar-refractivity contribution < 1.29 is 14.9 Å². The fourth-order valence-electron chi connectivity index (χ4n) is 0.834. The summed E-state index contributed by atoms with van der Waals surface area (Å²) in [6, 6.07) is 6.52. The van der Waals surface area contributed by atoms with Crippen LogP contribution in [0.4, 0.5) is 0 Å². The molecule has 0 spiro atoms. The average molecular weight is 182 g/mol. The first-order chi connectivity index (χ1) is 6.22. The minimum atomic E-state index is 0.123. The molecule has 0 saturated heterocycles. The zero-order valence-electron chi connectivity index (χ0n) is 7.60. The first kappa shape index (κ1) is 9.86. The van der Waals surface area contributed by atoms with Gasteiger partial charge in [0.2, 0.25) is 0 Å². The Kier molecular flexibility index (Phi) is 3.58. The predicted octanol–water partition coefficient (Wildman–Crippen LogP) is 1.40. The molecular weight excluding hydrogens is 168 g/mol. The number of phenols is 1. The monoisotopic (exact) mass is 182 g/mol. The maximum absolute atomic E-state index is 8.98. The fraction of sp³-hybridized carbons (Fsp3) is 0.400. The van der Waals surface area contributed by atoms with Gasteiger partial charge in [-0.3, -0.25) is 0 Å². The van der Waals surface area contributed by atoms with Gasteiger partial charge in [-0.05, 0) is 24.3 Å². The van der Waals surface area contributed by atoms with Crippen LogP contribution in [0.1, 0.15) is 6.92 Å². The van der Waals surface area contributed by atoms with E-state index in [2.05, 4.69) is 0 Å². The number of hydrogen-bond acceptors (Lipinski definition) is 3. The van der Waals surface area contributed by atoms with Gasteiger partial charge in [0.25, 0.3) is 0 Å². The van der Waals surface area contributed by atoms with E-state index in [4.69, 9.17) is 14.9 Å². The third kappa shape index (κ3) is 3.34. The van der Waals surface area contributed by atoms with Crippen LogP contribution in [-0.4, -0.2) is 23.4 Å². The second-order valence-corrected chi connectivity index (χ2v) is 3.09. The molecule has 0 aliphatic carbocycles. The van der Waals surface area contributed by atoms with Crippen molar-refractivity contribution in [3.05, 3.63) is 24.3 Å². The number of ether oxygens (including phenoxy) is 1. The van der Waals surface area contributed by atoms with E-state index in [0.29, 0.717) is 12.4 Å². The van der Waals surface area contributed by atoms with Crippen LogP contribution in [0, 0.1) is 5.92 Å². The van der Waals surface area contributed by atoms with Gasteiger partial charge >= 0.3 is 0 Å². The molecule has 0 bridgehead atoms. The van der Waals surface area contributed by atoms with Gasteiger partial charge in [-0.25, -0.2) is 0 Å². The SMILES string of the molecule is CC(CO)COc1ccc(O)cc1. The van der Waals surface area contributed by atoms with Gasteiger partial charge in [0.05, 0.1) is 6.61 Å². The summed E-state index contributed by atoms with van der Waals surface area (Å²) in [5, 5.41) is 17.7. The van der Waals surface area contributed by atoms with Crippen molar-refractivity contribution in [2.45, 2.75) is 6.92 Å². The van der Waals surface area contributed by atoms with Crippen LogP contribution < -0.4 is 4.74 Å². The van der Waals surface area contributed by atoms with Gasteiger partial charge in [0.15, 0.2) is 0 Å². The highest BCUT2D eigenvalue weighted by molar-refractivity contribution is 5.29. The van der Waals surface area contributed by atoms with Crippen LogP contribution in [0.25, 0.3) is 0 Å². The summed E-state index contributed by atoms with van der Waals surface area (Å²) in [6.07, 6.45) is 0. The first-order valence-corrected chi connectivity index (χ1v) is 4.25. The lowest BCUT2D eigenvalue weighted by atomic mass is 10.2. The highest BCUT2D eigenvalue weighted by Crippen LogP contribution is 2.16. The molecule has 0 radical (unpaired) electrons. The van der Waals surface area contributed by atoms with E-state index in [9.17, 15) is 0 Å². The average Bonchev–Trinajstić information content (AvgIpc) is 2.16. The summed E-state index contributed by atoms with van der Waals surface area (Å²) in [5.74, 6) is 1.06. The molecule has 0 aliphatic rings. The highest BCUT2D eigenvalue weighted by Gasteiger charge is 2.00. The molecule has 3 heteroatoms. The van der Waals surface area contributed by atoms with E-state index in [1.54, 1.807) is 24.3 Å². The molecule has 1 atom stereocenters. The Morgan fingerprint density at radius 2 is 1.92 bits per heavy atom. The zero-order valence-corrected chi connectivity index (χ0v) is 7.60. The zero-order chi connectivity index (χ0) is 9.68. The summed E-state index contributed by atoms with van der Waals surface area (Å²) < 4.78 is 5.34. The Balaban J connectivity index is 2.41. The van der Waals surface area contributed by atoms with Crippen molar-refractivity contribution in [1.82, 2.24) is 0 Å². The van der Waals surface area contributed by atoms with E-state index in [1.807, 2.05) is 6.92 Å². The molecule has 1 unspecified atom stereocenters. The summed E-state index contributed by atoms with van der Waals surface area (Å²) in [6.45, 7) is 2.51. The van der Waals surface area contributed by atoms with Gasteiger partial charge in [0.1, 0.15) is 11.5 Å². The van der Waals surface area contributed by atoms with Crippen LogP contribution in [0.5, 0.6) is 11.5 Å². The molecule has 1 aromatic carbocycles. The molecule has 3 nitrogen and oxygen atoms in total. The van der Waals surface area contributed by atoms with E-state index in [0.717, 1.165) is 0 Å². The second kappa shape index (κ2) is 4.72. The molecule has 0 heterocycles. The first-order valence-electron chi connectivity index (χ1n) is 4.25. The van der Waals surface area contributed by atoms with Crippen LogP contribution in [0.2, 0.25) is 0 Å². The summed E-state index contributed by atoms with van der Waals surface area (Å²) >= 11 is 0. The Bertz CT molecular complexity index is 243. The van der Waals surface area contributed by atoms with E-state index in [1.165, 1.54) is 0 Å². The molecule has 0 fully saturated rings. The molecule has 1 aromatic rings.